The topological polar surface area (TPSA) is 58.6 Å². The normalized spacial score (nSPS) is 36.5. The molecule has 3 saturated carbocycles. The van der Waals surface area contributed by atoms with Crippen molar-refractivity contribution in [2.75, 3.05) is 24.7 Å². The zero-order chi connectivity index (χ0) is 28.0. The quantitative estimate of drug-likeness (QED) is 0.125. The molecule has 0 aromatic heterocycles. The van der Waals surface area contributed by atoms with Crippen LogP contribution in [0.4, 0.5) is 4.79 Å². The van der Waals surface area contributed by atoms with E-state index in [2.05, 4.69) is 46.0 Å². The van der Waals surface area contributed by atoms with Crippen LogP contribution < -0.4 is 5.32 Å². The highest BCUT2D eigenvalue weighted by molar-refractivity contribution is 9.09. The number of carbonyl (C=O) groups is 1. The molecule has 3 fully saturated rings. The molecule has 0 unspecified atom stereocenters. The summed E-state index contributed by atoms with van der Waals surface area (Å²) in [5.41, 5.74) is 2.41. The van der Waals surface area contributed by atoms with E-state index in [1.54, 1.807) is 37.0 Å². The van der Waals surface area contributed by atoms with E-state index < -0.39 is 0 Å². The Balaban J connectivity index is 1.29. The second-order valence-electron chi connectivity index (χ2n) is 13.9. The first-order chi connectivity index (χ1) is 18.7. The molecule has 39 heavy (non-hydrogen) atoms. The van der Waals surface area contributed by atoms with E-state index in [-0.39, 0.29) is 18.8 Å². The standard InChI is InChI=1S/C32H55NO3S3/c1-22(2)7-6-8-23(3)27-11-12-28-26-10-9-24-21-25(36-30(35)33-17-19-37-39-38-20-18-34)13-15-31(24,4)29(26)14-16-32(27,28)5/h9,22-23,25-29,34H,6-8,10-21H2,1-5H3,(H,33,35)/t23-,25+,26+,27-,28+,29+,31+,32-/m1/s1. The summed E-state index contributed by atoms with van der Waals surface area (Å²) in [6.45, 7) is 13.4. The summed E-state index contributed by atoms with van der Waals surface area (Å²) in [5.74, 6) is 6.72. The molecule has 4 rings (SSSR count). The number of fused-ring (bicyclic) bond motifs is 5. The lowest BCUT2D eigenvalue weighted by molar-refractivity contribution is -0.0581. The van der Waals surface area contributed by atoms with E-state index >= 15 is 0 Å². The summed E-state index contributed by atoms with van der Waals surface area (Å²) >= 11 is 0. The summed E-state index contributed by atoms with van der Waals surface area (Å²) in [6, 6.07) is 0. The van der Waals surface area contributed by atoms with E-state index in [1.807, 2.05) is 0 Å². The number of carbonyl (C=O) groups excluding carboxylic acids is 1. The highest BCUT2D eigenvalue weighted by atomic mass is 33.5. The number of alkyl carbamates (subject to hydrolysis) is 1. The molecule has 0 aromatic rings. The molecule has 4 nitrogen and oxygen atoms in total. The lowest BCUT2D eigenvalue weighted by atomic mass is 9.47. The van der Waals surface area contributed by atoms with Gasteiger partial charge in [-0.25, -0.2) is 4.79 Å². The molecule has 0 heterocycles. The van der Waals surface area contributed by atoms with Crippen molar-refractivity contribution in [1.29, 1.82) is 0 Å². The van der Waals surface area contributed by atoms with Crippen LogP contribution in [0.3, 0.4) is 0 Å². The fourth-order valence-corrected chi connectivity index (χ4v) is 12.7. The Labute approximate surface area is 250 Å². The molecule has 0 aliphatic heterocycles. The molecular weight excluding hydrogens is 543 g/mol. The molecule has 1 amide bonds. The third kappa shape index (κ3) is 7.51. The minimum absolute atomic E-state index is 0.0134. The highest BCUT2D eigenvalue weighted by Gasteiger charge is 2.59. The Morgan fingerprint density at radius 1 is 1.08 bits per heavy atom. The van der Waals surface area contributed by atoms with Crippen LogP contribution in [0.2, 0.25) is 0 Å². The van der Waals surface area contributed by atoms with Gasteiger partial charge in [0.25, 0.3) is 0 Å². The summed E-state index contributed by atoms with van der Waals surface area (Å²) in [7, 11) is 5.02. The monoisotopic (exact) mass is 597 g/mol. The Morgan fingerprint density at radius 2 is 1.87 bits per heavy atom. The molecule has 4 aliphatic carbocycles. The van der Waals surface area contributed by atoms with Gasteiger partial charge >= 0.3 is 6.09 Å². The van der Waals surface area contributed by atoms with Gasteiger partial charge in [0.05, 0.1) is 6.61 Å². The fourth-order valence-electron chi connectivity index (χ4n) is 9.28. The van der Waals surface area contributed by atoms with Crippen LogP contribution in [0.25, 0.3) is 0 Å². The van der Waals surface area contributed by atoms with Crippen LogP contribution >= 0.6 is 31.4 Å². The zero-order valence-electron chi connectivity index (χ0n) is 25.2. The number of amides is 1. The first kappa shape index (κ1) is 31.9. The molecular formula is C32H55NO3S3. The van der Waals surface area contributed by atoms with Gasteiger partial charge in [-0.15, -0.1) is 0 Å². The van der Waals surface area contributed by atoms with Crippen LogP contribution in [0.1, 0.15) is 105 Å². The number of hydrogen-bond donors (Lipinski definition) is 2. The van der Waals surface area contributed by atoms with Gasteiger partial charge in [0.1, 0.15) is 6.10 Å². The fraction of sp³-hybridized carbons (Fsp3) is 0.906. The van der Waals surface area contributed by atoms with E-state index in [0.29, 0.717) is 17.4 Å². The molecule has 224 valence electrons. The minimum atomic E-state index is -0.264. The lowest BCUT2D eigenvalue weighted by Gasteiger charge is -2.58. The third-order valence-electron chi connectivity index (χ3n) is 11.3. The number of nitrogens with one attached hydrogen (secondary N) is 1. The summed E-state index contributed by atoms with van der Waals surface area (Å²) in [6.07, 6.45) is 16.5. The highest BCUT2D eigenvalue weighted by Crippen LogP contribution is 2.67. The predicted molar refractivity (Wildman–Crippen MR) is 171 cm³/mol. The summed E-state index contributed by atoms with van der Waals surface area (Å²) in [4.78, 5) is 12.5. The van der Waals surface area contributed by atoms with Crippen LogP contribution in [0, 0.1) is 46.3 Å². The molecule has 0 bridgehead atoms. The van der Waals surface area contributed by atoms with Gasteiger partial charge in [-0.1, -0.05) is 87.1 Å². The lowest BCUT2D eigenvalue weighted by Crippen LogP contribution is -2.51. The van der Waals surface area contributed by atoms with Crippen LogP contribution in [-0.4, -0.2) is 42.0 Å². The number of allylic oxidation sites excluding steroid dienone is 1. The number of ether oxygens (including phenoxy) is 1. The van der Waals surface area contributed by atoms with E-state index in [1.165, 1.54) is 51.4 Å². The number of hydrogen-bond acceptors (Lipinski definition) is 6. The molecule has 0 radical (unpaired) electrons. The van der Waals surface area contributed by atoms with Crippen molar-refractivity contribution < 1.29 is 14.6 Å². The molecule has 8 atom stereocenters. The van der Waals surface area contributed by atoms with Crippen LogP contribution in [0.15, 0.2) is 11.6 Å². The second kappa shape index (κ2) is 14.5. The Hall–Kier alpha value is 0.0200. The van der Waals surface area contributed by atoms with Crippen molar-refractivity contribution >= 4 is 37.5 Å². The number of rotatable bonds is 13. The van der Waals surface area contributed by atoms with Gasteiger partial charge in [0.2, 0.25) is 0 Å². The maximum atomic E-state index is 12.5. The Morgan fingerprint density at radius 3 is 2.64 bits per heavy atom. The van der Waals surface area contributed by atoms with Gasteiger partial charge < -0.3 is 15.2 Å². The van der Waals surface area contributed by atoms with Gasteiger partial charge in [-0.05, 0) is 101 Å². The molecule has 7 heteroatoms. The number of aliphatic hydroxyl groups excluding tert-OH is 1. The van der Waals surface area contributed by atoms with Crippen molar-refractivity contribution in [3.8, 4) is 0 Å². The number of aliphatic hydroxyl groups is 1. The van der Waals surface area contributed by atoms with Crippen molar-refractivity contribution in [2.45, 2.75) is 111 Å². The minimum Gasteiger partial charge on any atom is -0.446 e. The summed E-state index contributed by atoms with van der Waals surface area (Å²) < 4.78 is 5.89. The third-order valence-corrected chi connectivity index (χ3v) is 15.5. The van der Waals surface area contributed by atoms with Gasteiger partial charge in [-0.3, -0.25) is 0 Å². The van der Waals surface area contributed by atoms with Gasteiger partial charge in [0, 0.05) is 24.5 Å². The van der Waals surface area contributed by atoms with Crippen molar-refractivity contribution in [2.24, 2.45) is 46.3 Å². The van der Waals surface area contributed by atoms with Gasteiger partial charge in [0.15, 0.2) is 0 Å². The van der Waals surface area contributed by atoms with Crippen molar-refractivity contribution in [1.82, 2.24) is 5.32 Å². The first-order valence-electron chi connectivity index (χ1n) is 15.8. The van der Waals surface area contributed by atoms with Crippen molar-refractivity contribution in [3.63, 3.8) is 0 Å². The first-order valence-corrected chi connectivity index (χ1v) is 19.7. The molecule has 0 saturated heterocycles. The molecule has 4 aliphatic rings. The van der Waals surface area contributed by atoms with Gasteiger partial charge in [-0.2, -0.15) is 0 Å². The second-order valence-corrected chi connectivity index (χ2v) is 18.4. The Bertz CT molecular complexity index is 837. The Kier molecular flexibility index (Phi) is 11.8. The average molecular weight is 598 g/mol. The molecule has 2 N–H and O–H groups in total. The zero-order valence-corrected chi connectivity index (χ0v) is 27.7. The smallest absolute Gasteiger partial charge is 0.407 e. The average Bonchev–Trinajstić information content (AvgIpc) is 3.25. The van der Waals surface area contributed by atoms with E-state index in [4.69, 9.17) is 9.84 Å². The molecule has 0 spiro atoms. The van der Waals surface area contributed by atoms with Crippen molar-refractivity contribution in [3.05, 3.63) is 11.6 Å². The summed E-state index contributed by atoms with van der Waals surface area (Å²) in [5, 5.41) is 11.8. The predicted octanol–water partition coefficient (Wildman–Crippen LogP) is 9.14. The van der Waals surface area contributed by atoms with E-state index in [0.717, 1.165) is 66.3 Å². The maximum Gasteiger partial charge on any atom is 0.407 e. The van der Waals surface area contributed by atoms with Crippen LogP contribution in [0.5, 0.6) is 0 Å². The van der Waals surface area contributed by atoms with E-state index in [9.17, 15) is 4.79 Å². The maximum absolute atomic E-state index is 12.5. The molecule has 0 aromatic carbocycles. The largest absolute Gasteiger partial charge is 0.446 e. The SMILES string of the molecule is CC(C)CCC[C@@H](C)[C@H]1CC[C@H]2[C@@H]3CC=C4C[C@@H](OC(=O)NCCSSSCCO)CC[C@]4(C)[C@H]3CC[C@]12C. The van der Waals surface area contributed by atoms with Crippen LogP contribution in [-0.2, 0) is 4.74 Å².